The van der Waals surface area contributed by atoms with E-state index in [2.05, 4.69) is 25.5 Å². The molecule has 114 valence electrons. The van der Waals surface area contributed by atoms with Gasteiger partial charge < -0.3 is 5.11 Å². The summed E-state index contributed by atoms with van der Waals surface area (Å²) in [5, 5.41) is 9.23. The van der Waals surface area contributed by atoms with Gasteiger partial charge in [0.1, 0.15) is 0 Å². The summed E-state index contributed by atoms with van der Waals surface area (Å²) in [6, 6.07) is 6.41. The van der Waals surface area contributed by atoms with Crippen LogP contribution in [0.25, 0.3) is 0 Å². The van der Waals surface area contributed by atoms with Crippen LogP contribution >= 0.6 is 0 Å². The van der Waals surface area contributed by atoms with E-state index in [1.807, 2.05) is 26.0 Å². The first kappa shape index (κ1) is 17.1. The Kier molecular flexibility index (Phi) is 5.35. The smallest absolute Gasteiger partial charge is 0.240 e. The fraction of sp³-hybridized carbons (Fsp3) is 0.600. The van der Waals surface area contributed by atoms with E-state index < -0.39 is 16.1 Å². The van der Waals surface area contributed by atoms with Gasteiger partial charge in [0.2, 0.25) is 10.0 Å². The molecule has 0 aromatic heterocycles. The molecule has 0 saturated heterocycles. The molecule has 1 atom stereocenters. The quantitative estimate of drug-likeness (QED) is 0.876. The zero-order valence-corrected chi connectivity index (χ0v) is 13.7. The maximum Gasteiger partial charge on any atom is 0.240 e. The molecule has 20 heavy (non-hydrogen) atoms. The zero-order valence-electron chi connectivity index (χ0n) is 12.8. The molecular weight excluding hydrogens is 274 g/mol. The highest BCUT2D eigenvalue weighted by Crippen LogP contribution is 2.23. The average molecular weight is 299 g/mol. The summed E-state index contributed by atoms with van der Waals surface area (Å²) in [4.78, 5) is 0.226. The molecule has 0 heterocycles. The van der Waals surface area contributed by atoms with Crippen molar-refractivity contribution in [1.29, 1.82) is 0 Å². The second-order valence-electron chi connectivity index (χ2n) is 6.43. The van der Waals surface area contributed by atoms with Crippen LogP contribution in [0.2, 0.25) is 0 Å². The highest BCUT2D eigenvalue weighted by Gasteiger charge is 2.22. The summed E-state index contributed by atoms with van der Waals surface area (Å²) >= 11 is 0. The third kappa shape index (κ3) is 4.30. The Morgan fingerprint density at radius 1 is 1.15 bits per heavy atom. The Morgan fingerprint density at radius 3 is 2.00 bits per heavy atom. The van der Waals surface area contributed by atoms with Gasteiger partial charge in [-0.3, -0.25) is 0 Å². The van der Waals surface area contributed by atoms with E-state index in [9.17, 15) is 13.5 Å². The van der Waals surface area contributed by atoms with Crippen molar-refractivity contribution in [3.05, 3.63) is 29.8 Å². The summed E-state index contributed by atoms with van der Waals surface area (Å²) in [5.74, 6) is 0.0311. The maximum absolute atomic E-state index is 12.2. The lowest BCUT2D eigenvalue weighted by atomic mass is 9.87. The minimum Gasteiger partial charge on any atom is -0.395 e. The van der Waals surface area contributed by atoms with E-state index in [0.717, 1.165) is 5.56 Å². The Labute approximate surface area is 122 Å². The van der Waals surface area contributed by atoms with Crippen LogP contribution < -0.4 is 4.72 Å². The van der Waals surface area contributed by atoms with E-state index in [1.54, 1.807) is 12.1 Å². The number of nitrogens with one attached hydrogen (secondary N) is 1. The van der Waals surface area contributed by atoms with Crippen molar-refractivity contribution in [1.82, 2.24) is 4.72 Å². The van der Waals surface area contributed by atoms with Crippen molar-refractivity contribution >= 4 is 10.0 Å². The molecule has 0 bridgehead atoms. The third-order valence-electron chi connectivity index (χ3n) is 3.34. The van der Waals surface area contributed by atoms with Crippen LogP contribution in [0.1, 0.15) is 40.2 Å². The van der Waals surface area contributed by atoms with E-state index in [4.69, 9.17) is 0 Å². The normalized spacial score (nSPS) is 14.6. The first-order valence-electron chi connectivity index (χ1n) is 6.81. The minimum absolute atomic E-state index is 0.0126. The Bertz CT molecular complexity index is 527. The van der Waals surface area contributed by atoms with Crippen LogP contribution in [0.5, 0.6) is 0 Å². The first-order chi connectivity index (χ1) is 9.08. The summed E-state index contributed by atoms with van der Waals surface area (Å²) < 4.78 is 27.0. The molecule has 2 N–H and O–H groups in total. The van der Waals surface area contributed by atoms with Gasteiger partial charge in [-0.2, -0.15) is 0 Å². The van der Waals surface area contributed by atoms with Gasteiger partial charge in [0.25, 0.3) is 0 Å². The van der Waals surface area contributed by atoms with Crippen LogP contribution in [0.3, 0.4) is 0 Å². The SMILES string of the molecule is CC(C)[C@@H](CO)NS(=O)(=O)c1ccc(C(C)(C)C)cc1. The van der Waals surface area contributed by atoms with Crippen molar-refractivity contribution in [2.45, 2.75) is 51.0 Å². The highest BCUT2D eigenvalue weighted by atomic mass is 32.2. The van der Waals surface area contributed by atoms with Crippen LogP contribution in [0.4, 0.5) is 0 Å². The number of benzene rings is 1. The third-order valence-corrected chi connectivity index (χ3v) is 4.84. The number of hydrogen-bond donors (Lipinski definition) is 2. The Morgan fingerprint density at radius 2 is 1.65 bits per heavy atom. The Hall–Kier alpha value is -0.910. The molecule has 1 rings (SSSR count). The van der Waals surface area contributed by atoms with Gasteiger partial charge in [-0.05, 0) is 29.0 Å². The summed E-state index contributed by atoms with van der Waals surface area (Å²) in [6.07, 6.45) is 0. The number of aliphatic hydroxyl groups is 1. The second kappa shape index (κ2) is 6.24. The molecule has 0 unspecified atom stereocenters. The molecule has 0 amide bonds. The molecule has 0 fully saturated rings. The lowest BCUT2D eigenvalue weighted by Gasteiger charge is -2.21. The van der Waals surface area contributed by atoms with E-state index in [0.29, 0.717) is 0 Å². The Balaban J connectivity index is 2.99. The van der Waals surface area contributed by atoms with Crippen LogP contribution in [0.15, 0.2) is 29.2 Å². The van der Waals surface area contributed by atoms with Crippen LogP contribution in [-0.2, 0) is 15.4 Å². The van der Waals surface area contributed by atoms with E-state index in [1.165, 1.54) is 0 Å². The van der Waals surface area contributed by atoms with Gasteiger partial charge >= 0.3 is 0 Å². The fourth-order valence-corrected chi connectivity index (χ4v) is 3.16. The number of sulfonamides is 1. The van der Waals surface area contributed by atoms with Gasteiger partial charge in [-0.15, -0.1) is 0 Å². The summed E-state index contributed by atoms with van der Waals surface area (Å²) in [7, 11) is -3.59. The maximum atomic E-state index is 12.2. The van der Waals surface area contributed by atoms with Gasteiger partial charge in [0.05, 0.1) is 11.5 Å². The lowest BCUT2D eigenvalue weighted by Crippen LogP contribution is -2.41. The van der Waals surface area contributed by atoms with Crippen LogP contribution in [0, 0.1) is 5.92 Å². The van der Waals surface area contributed by atoms with Crippen molar-refractivity contribution in [3.63, 3.8) is 0 Å². The molecule has 0 spiro atoms. The predicted octanol–water partition coefficient (Wildman–Crippen LogP) is 2.28. The average Bonchev–Trinajstić information content (AvgIpc) is 2.35. The number of aliphatic hydroxyl groups excluding tert-OH is 1. The molecule has 4 nitrogen and oxygen atoms in total. The fourth-order valence-electron chi connectivity index (χ4n) is 1.79. The van der Waals surface area contributed by atoms with Gasteiger partial charge in [-0.25, -0.2) is 13.1 Å². The molecule has 5 heteroatoms. The molecule has 0 saturated carbocycles. The molecular formula is C15H25NO3S. The standard InChI is InChI=1S/C15H25NO3S/c1-11(2)14(10-17)16-20(18,19)13-8-6-12(7-9-13)15(3,4)5/h6-9,11,14,16-17H,10H2,1-5H3/t14-/m1/s1. The molecule has 0 aliphatic rings. The van der Waals surface area contributed by atoms with Crippen molar-refractivity contribution in [3.8, 4) is 0 Å². The number of hydrogen-bond acceptors (Lipinski definition) is 3. The van der Waals surface area contributed by atoms with Crippen molar-refractivity contribution in [2.75, 3.05) is 6.61 Å². The van der Waals surface area contributed by atoms with E-state index >= 15 is 0 Å². The molecule has 0 aliphatic heterocycles. The molecule has 1 aromatic carbocycles. The second-order valence-corrected chi connectivity index (χ2v) is 8.14. The van der Waals surface area contributed by atoms with Crippen molar-refractivity contribution < 1.29 is 13.5 Å². The van der Waals surface area contributed by atoms with Gasteiger partial charge in [-0.1, -0.05) is 46.8 Å². The first-order valence-corrected chi connectivity index (χ1v) is 8.30. The summed E-state index contributed by atoms with van der Waals surface area (Å²) in [6.45, 7) is 9.76. The van der Waals surface area contributed by atoms with Crippen LogP contribution in [-0.4, -0.2) is 26.2 Å². The highest BCUT2D eigenvalue weighted by molar-refractivity contribution is 7.89. The largest absolute Gasteiger partial charge is 0.395 e. The minimum atomic E-state index is -3.59. The number of rotatable bonds is 5. The van der Waals surface area contributed by atoms with Crippen molar-refractivity contribution in [2.24, 2.45) is 5.92 Å². The van der Waals surface area contributed by atoms with Gasteiger partial charge in [0.15, 0.2) is 0 Å². The topological polar surface area (TPSA) is 66.4 Å². The molecule has 0 aliphatic carbocycles. The summed E-state index contributed by atoms with van der Waals surface area (Å²) in [5.41, 5.74) is 1.07. The monoisotopic (exact) mass is 299 g/mol. The molecule has 1 aromatic rings. The van der Waals surface area contributed by atoms with Gasteiger partial charge in [0, 0.05) is 6.04 Å². The zero-order chi connectivity index (χ0) is 15.6. The predicted molar refractivity (Wildman–Crippen MR) is 81.2 cm³/mol. The van der Waals surface area contributed by atoms with E-state index in [-0.39, 0.29) is 22.8 Å². The molecule has 0 radical (unpaired) electrons. The lowest BCUT2D eigenvalue weighted by molar-refractivity contribution is 0.227.